The van der Waals surface area contributed by atoms with Gasteiger partial charge in [0.15, 0.2) is 5.58 Å². The number of para-hydroxylation sites is 4. The second kappa shape index (κ2) is 21.4. The van der Waals surface area contributed by atoms with Crippen LogP contribution in [0.2, 0.25) is 0 Å². The molecule has 0 spiro atoms. The monoisotopic (exact) mass is 1130 g/mol. The molecule has 7 nitrogen and oxygen atoms in total. The van der Waals surface area contributed by atoms with E-state index in [4.69, 9.17) is 18.5 Å². The molecule has 0 aliphatic heterocycles. The molecular weight excluding hydrogens is 1090 g/mol. The molecule has 14 aromatic carbocycles. The summed E-state index contributed by atoms with van der Waals surface area (Å²) in [5.41, 5.74) is 3.79. The predicted molar refractivity (Wildman–Crippen MR) is 339 cm³/mol. The fraction of sp³-hybridized carbons (Fsp3) is 0.0137. The summed E-state index contributed by atoms with van der Waals surface area (Å²) in [6, 6.07) is 88.7. The molecule has 0 aliphatic rings. The first-order chi connectivity index (χ1) is 41.5. The van der Waals surface area contributed by atoms with Crippen molar-refractivity contribution in [1.29, 1.82) is 0 Å². The van der Waals surface area contributed by atoms with Crippen LogP contribution in [0.4, 0.5) is 13.2 Å². The van der Waals surface area contributed by atoms with Crippen LogP contribution in [0.15, 0.2) is 276 Å². The Kier molecular flexibility index (Phi) is 13.3. The van der Waals surface area contributed by atoms with Crippen molar-refractivity contribution in [2.24, 2.45) is 0 Å². The molecule has 0 unspecified atom stereocenters. The maximum absolute atomic E-state index is 12.7. The van der Waals surface area contributed by atoms with Crippen molar-refractivity contribution >= 4 is 126 Å². The van der Waals surface area contributed by atoms with Crippen molar-refractivity contribution in [2.75, 3.05) is 0 Å². The molecule has 16 rings (SSSR count). The van der Waals surface area contributed by atoms with Crippen LogP contribution >= 0.6 is 0 Å². The lowest BCUT2D eigenvalue weighted by Crippen LogP contribution is -2.28. The molecule has 1 radical (unpaired) electrons. The van der Waals surface area contributed by atoms with Gasteiger partial charge in [-0.25, -0.2) is 0 Å². The van der Waals surface area contributed by atoms with Gasteiger partial charge in [-0.05, 0) is 141 Å². The van der Waals surface area contributed by atoms with Crippen molar-refractivity contribution < 1.29 is 44.3 Å². The molecule has 85 heavy (non-hydrogen) atoms. The third-order valence-electron chi connectivity index (χ3n) is 15.6. The second-order valence-electron chi connectivity index (χ2n) is 20.5. The summed E-state index contributed by atoms with van der Waals surface area (Å²) in [7, 11) is -5.08. The minimum absolute atomic E-state index is 0.400. The van der Waals surface area contributed by atoms with E-state index in [-0.39, 0.29) is 0 Å². The van der Waals surface area contributed by atoms with E-state index in [1.165, 1.54) is 61.6 Å². The summed E-state index contributed by atoms with van der Waals surface area (Å²) in [4.78, 5) is 0. The maximum Gasteiger partial charge on any atom is 0.569 e. The molecule has 12 heteroatoms. The Hall–Kier alpha value is -10.4. The van der Waals surface area contributed by atoms with Gasteiger partial charge in [0.1, 0.15) is 28.2 Å². The van der Waals surface area contributed by atoms with Gasteiger partial charge in [-0.2, -0.15) is 21.6 Å². The molecule has 409 valence electrons. The molecule has 0 amide bonds. The fourth-order valence-electron chi connectivity index (χ4n) is 11.8. The summed E-state index contributed by atoms with van der Waals surface area (Å²) in [6.45, 7) is 0. The number of alkyl halides is 3. The zero-order valence-electron chi connectivity index (χ0n) is 44.9. The third kappa shape index (κ3) is 9.57. The summed E-state index contributed by atoms with van der Waals surface area (Å²) in [6.07, 6.45) is 0. The highest BCUT2D eigenvalue weighted by Crippen LogP contribution is 2.42. The summed E-state index contributed by atoms with van der Waals surface area (Å²) >= 11 is 0. The van der Waals surface area contributed by atoms with Gasteiger partial charge in [0.05, 0.1) is 0 Å². The van der Waals surface area contributed by atoms with E-state index >= 15 is 0 Å². The van der Waals surface area contributed by atoms with Gasteiger partial charge in [-0.15, -0.1) is 0 Å². The largest absolute Gasteiger partial charge is 0.569 e. The number of benzene rings is 14. The fourth-order valence-corrected chi connectivity index (χ4v) is 12.2. The molecule has 1 N–H and O–H groups in total. The van der Waals surface area contributed by atoms with Gasteiger partial charge in [0, 0.05) is 27.1 Å². The third-order valence-corrected chi connectivity index (χ3v) is 16.6. The average Bonchev–Trinajstić information content (AvgIpc) is 2.95. The highest BCUT2D eigenvalue weighted by molar-refractivity contribution is 7.88. The van der Waals surface area contributed by atoms with Gasteiger partial charge >= 0.3 is 23.3 Å². The standard InChI is InChI=1S/C36H22O.C25H15F3O3S.C12H8BO3/c1-2-13-29-27(11-1)28-12-3-4-14-30(28)34-22-24(19-20-31(29)34)23-9-7-10-25(21-23)26-16-8-17-33-32-15-5-6-18-35(32)37-36(26)33;26-25(27,28)32(29,30)31-18-7-5-6-16(14-18)17-12-13-23-21-10-2-1-8-19(21)20-9-3-4-11-22(20)24(23)15-17;14-13-16-11-7-3-5-9-8-4-1-2-6-10(8)15-12(9)11/h1-22H;1-15H;1-7,14H. The molecule has 0 saturated heterocycles. The lowest BCUT2D eigenvalue weighted by molar-refractivity contribution is -0.0500. The van der Waals surface area contributed by atoms with Crippen LogP contribution in [0.3, 0.4) is 0 Å². The Balaban J connectivity index is 0.000000121. The molecule has 0 atom stereocenters. The molecule has 16 aromatic rings. The molecule has 0 aliphatic carbocycles. The minimum Gasteiger partial charge on any atom is -0.535 e. The number of halogens is 3. The highest BCUT2D eigenvalue weighted by Gasteiger charge is 2.48. The zero-order valence-corrected chi connectivity index (χ0v) is 45.7. The van der Waals surface area contributed by atoms with Crippen molar-refractivity contribution in [1.82, 2.24) is 0 Å². The highest BCUT2D eigenvalue weighted by atomic mass is 32.2. The van der Waals surface area contributed by atoms with E-state index in [0.717, 1.165) is 87.3 Å². The lowest BCUT2D eigenvalue weighted by Gasteiger charge is -2.13. The van der Waals surface area contributed by atoms with Gasteiger partial charge in [-0.1, -0.05) is 218 Å². The van der Waals surface area contributed by atoms with Crippen LogP contribution in [0.5, 0.6) is 11.5 Å². The van der Waals surface area contributed by atoms with E-state index in [1.807, 2.05) is 97.1 Å². The van der Waals surface area contributed by atoms with E-state index in [0.29, 0.717) is 24.6 Å². The van der Waals surface area contributed by atoms with E-state index < -0.39 is 21.4 Å². The Morgan fingerprint density at radius 2 is 0.706 bits per heavy atom. The SMILES string of the molecule is O=S(=O)(Oc1cccc(-c2ccc3c4ccccc4c4ccccc4c3c2)c1)C(F)(F)F.O[B]Oc1cccc2c1oc1ccccc12.c1cc(-c2ccc3c4ccccc4c4ccccc4c3c2)cc(-c2cccc3c2oc2ccccc23)c1. The first-order valence-corrected chi connectivity index (χ1v) is 28.7. The Bertz CT molecular complexity index is 5330. The van der Waals surface area contributed by atoms with Crippen molar-refractivity contribution in [3.05, 3.63) is 267 Å². The van der Waals surface area contributed by atoms with Gasteiger partial charge in [-0.3, -0.25) is 0 Å². The normalized spacial score (nSPS) is 11.9. The van der Waals surface area contributed by atoms with E-state index in [9.17, 15) is 21.6 Å². The quantitative estimate of drug-likeness (QED) is 0.0734. The first-order valence-electron chi connectivity index (χ1n) is 27.3. The number of hydrogen-bond acceptors (Lipinski definition) is 7. The topological polar surface area (TPSA) is 99.1 Å². The molecule has 0 bridgehead atoms. The smallest absolute Gasteiger partial charge is 0.535 e. The Morgan fingerprint density at radius 1 is 0.341 bits per heavy atom. The number of fused-ring (bicyclic) bond motifs is 18. The van der Waals surface area contributed by atoms with Crippen LogP contribution in [0, 0.1) is 0 Å². The Labute approximate surface area is 485 Å². The van der Waals surface area contributed by atoms with Crippen LogP contribution in [0.25, 0.3) is 142 Å². The maximum atomic E-state index is 12.7. The molecular formula is C73H45BF3O7S. The summed E-state index contributed by atoms with van der Waals surface area (Å²) < 4.78 is 82.1. The van der Waals surface area contributed by atoms with Gasteiger partial charge in [0.25, 0.3) is 0 Å². The van der Waals surface area contributed by atoms with Crippen molar-refractivity contribution in [3.8, 4) is 44.9 Å². The van der Waals surface area contributed by atoms with Crippen LogP contribution in [-0.4, -0.2) is 26.6 Å². The molecule has 0 saturated carbocycles. The van der Waals surface area contributed by atoms with Gasteiger partial charge < -0.3 is 22.7 Å². The summed E-state index contributed by atoms with van der Waals surface area (Å²) in [5, 5.41) is 27.2. The Morgan fingerprint density at radius 3 is 1.20 bits per heavy atom. The van der Waals surface area contributed by atoms with E-state index in [1.54, 1.807) is 12.1 Å². The van der Waals surface area contributed by atoms with Crippen LogP contribution in [-0.2, 0) is 10.1 Å². The lowest BCUT2D eigenvalue weighted by atomic mass is 9.91. The second-order valence-corrected chi connectivity index (χ2v) is 22.1. The average molecular weight is 1130 g/mol. The predicted octanol–water partition coefficient (Wildman–Crippen LogP) is 19.9. The minimum atomic E-state index is -5.74. The van der Waals surface area contributed by atoms with Crippen molar-refractivity contribution in [3.63, 3.8) is 0 Å². The molecule has 2 aromatic heterocycles. The number of furan rings is 2. The first kappa shape index (κ1) is 52.7. The number of rotatable bonds is 7. The number of hydrogen-bond donors (Lipinski definition) is 1. The van der Waals surface area contributed by atoms with Gasteiger partial charge in [0.2, 0.25) is 0 Å². The van der Waals surface area contributed by atoms with Crippen molar-refractivity contribution in [2.45, 2.75) is 5.51 Å². The van der Waals surface area contributed by atoms with Crippen LogP contribution < -0.4 is 8.84 Å². The molecule has 0 fully saturated rings. The zero-order chi connectivity index (χ0) is 57.8. The van der Waals surface area contributed by atoms with Crippen LogP contribution in [0.1, 0.15) is 0 Å². The molecule has 2 heterocycles. The van der Waals surface area contributed by atoms with E-state index in [2.05, 4.69) is 144 Å². The summed E-state index contributed by atoms with van der Waals surface area (Å²) in [5.74, 6) is 0.111.